The number of carbonyl (C=O) groups is 3. The maximum Gasteiger partial charge on any atom is 0.310 e. The molecule has 432 valence electrons. The third kappa shape index (κ3) is 61.8. The number of esters is 3. The Kier molecular flexibility index (Phi) is 59.5. The van der Waals surface area contributed by atoms with Crippen LogP contribution in [0.1, 0.15) is 252 Å². The standard InChI is InChI=1S/C71H112O6/c1-4-7-10-13-16-19-22-25-27-28-29-30-31-32-33-34-35-36-37-38-39-40-41-42-44-46-49-52-55-58-61-64-70(73)76-67-68(66-75-69(72)63-60-57-54-51-48-45-24-21-18-15-12-9-6-3)77-71(74)65-62-59-56-53-50-47-43-26-23-20-17-14-11-8-5-2/h7-12,16-21,25-27,29-30,43,45,48,50,53-54,57,59,62,68H,4-6,13-15,22-24,28,31-42,44,46-47,49,51-52,55-56,58,60-61,63-67H2,1-3H3/b10-7-,11-8-,12-9-,19-16-,20-17-,21-18-,27-25-,30-29-,43-26-,48-45-,53-50-,57-54-,62-59-. The summed E-state index contributed by atoms with van der Waals surface area (Å²) in [5.41, 5.74) is 0. The second-order valence-electron chi connectivity index (χ2n) is 19.8. The van der Waals surface area contributed by atoms with Crippen molar-refractivity contribution in [3.63, 3.8) is 0 Å². The van der Waals surface area contributed by atoms with Crippen LogP contribution in [0.4, 0.5) is 0 Å². The second kappa shape index (κ2) is 63.6. The predicted octanol–water partition coefficient (Wildman–Crippen LogP) is 21.3. The molecule has 0 fully saturated rings. The molecule has 6 heteroatoms. The quantitative estimate of drug-likeness (QED) is 0.0261. The molecule has 0 amide bonds. The van der Waals surface area contributed by atoms with Crippen LogP contribution in [0.15, 0.2) is 158 Å². The minimum atomic E-state index is -0.867. The van der Waals surface area contributed by atoms with E-state index in [1.807, 2.05) is 18.2 Å². The van der Waals surface area contributed by atoms with Crippen LogP contribution >= 0.6 is 0 Å². The number of allylic oxidation sites excluding steroid dienone is 25. The van der Waals surface area contributed by atoms with Crippen LogP contribution in [-0.4, -0.2) is 37.2 Å². The first-order valence-corrected chi connectivity index (χ1v) is 31.0. The molecular formula is C71H112O6. The molecule has 77 heavy (non-hydrogen) atoms. The van der Waals surface area contributed by atoms with Crippen LogP contribution in [0.3, 0.4) is 0 Å². The first-order valence-electron chi connectivity index (χ1n) is 31.0. The fraction of sp³-hybridized carbons (Fsp3) is 0.592. The summed E-state index contributed by atoms with van der Waals surface area (Å²) < 4.78 is 16.7. The van der Waals surface area contributed by atoms with Crippen molar-refractivity contribution in [1.29, 1.82) is 0 Å². The largest absolute Gasteiger partial charge is 0.462 e. The molecule has 0 bridgehead atoms. The Morgan fingerprint density at radius 3 is 0.870 bits per heavy atom. The number of hydrogen-bond donors (Lipinski definition) is 0. The van der Waals surface area contributed by atoms with Crippen molar-refractivity contribution in [2.45, 2.75) is 258 Å². The second-order valence-corrected chi connectivity index (χ2v) is 19.8. The molecule has 1 atom stereocenters. The molecule has 1 unspecified atom stereocenters. The Hall–Kier alpha value is -4.97. The van der Waals surface area contributed by atoms with Gasteiger partial charge in [0.05, 0.1) is 6.42 Å². The monoisotopic (exact) mass is 1060 g/mol. The van der Waals surface area contributed by atoms with E-state index in [1.54, 1.807) is 6.08 Å². The fourth-order valence-electron chi connectivity index (χ4n) is 8.05. The lowest BCUT2D eigenvalue weighted by molar-refractivity contribution is -0.166. The van der Waals surface area contributed by atoms with E-state index >= 15 is 0 Å². The Morgan fingerprint density at radius 1 is 0.273 bits per heavy atom. The van der Waals surface area contributed by atoms with Crippen molar-refractivity contribution in [3.05, 3.63) is 158 Å². The highest BCUT2D eigenvalue weighted by atomic mass is 16.6. The zero-order valence-electron chi connectivity index (χ0n) is 49.4. The van der Waals surface area contributed by atoms with Gasteiger partial charge in [-0.05, 0) is 109 Å². The summed E-state index contributed by atoms with van der Waals surface area (Å²) in [6, 6.07) is 0. The third-order valence-corrected chi connectivity index (χ3v) is 12.6. The van der Waals surface area contributed by atoms with E-state index in [2.05, 4.69) is 154 Å². The molecule has 0 heterocycles. The average molecular weight is 1060 g/mol. The van der Waals surface area contributed by atoms with Crippen molar-refractivity contribution in [3.8, 4) is 0 Å². The van der Waals surface area contributed by atoms with Gasteiger partial charge in [-0.25, -0.2) is 0 Å². The Morgan fingerprint density at radius 2 is 0.532 bits per heavy atom. The molecule has 0 aromatic rings. The molecule has 0 saturated heterocycles. The van der Waals surface area contributed by atoms with Crippen molar-refractivity contribution in [2.24, 2.45) is 0 Å². The smallest absolute Gasteiger partial charge is 0.310 e. The van der Waals surface area contributed by atoms with E-state index in [9.17, 15) is 14.4 Å². The first-order chi connectivity index (χ1) is 38.0. The van der Waals surface area contributed by atoms with Gasteiger partial charge in [0.2, 0.25) is 0 Å². The van der Waals surface area contributed by atoms with Gasteiger partial charge in [-0.3, -0.25) is 14.4 Å². The summed E-state index contributed by atoms with van der Waals surface area (Å²) >= 11 is 0. The molecule has 0 saturated carbocycles. The summed E-state index contributed by atoms with van der Waals surface area (Å²) in [4.78, 5) is 38.1. The highest BCUT2D eigenvalue weighted by Gasteiger charge is 2.19. The van der Waals surface area contributed by atoms with Crippen LogP contribution in [0, 0.1) is 0 Å². The molecule has 0 rings (SSSR count). The van der Waals surface area contributed by atoms with E-state index in [0.29, 0.717) is 19.3 Å². The lowest BCUT2D eigenvalue weighted by Crippen LogP contribution is -2.30. The average Bonchev–Trinajstić information content (AvgIpc) is 3.43. The van der Waals surface area contributed by atoms with Crippen molar-refractivity contribution in [1.82, 2.24) is 0 Å². The number of ether oxygens (including phenoxy) is 3. The van der Waals surface area contributed by atoms with Gasteiger partial charge >= 0.3 is 17.9 Å². The van der Waals surface area contributed by atoms with Gasteiger partial charge in [0.1, 0.15) is 13.2 Å². The Bertz CT molecular complexity index is 1740. The normalized spacial score (nSPS) is 13.2. The van der Waals surface area contributed by atoms with Crippen molar-refractivity contribution >= 4 is 17.9 Å². The van der Waals surface area contributed by atoms with Gasteiger partial charge in [0.15, 0.2) is 6.10 Å². The summed E-state index contributed by atoms with van der Waals surface area (Å²) in [6.07, 6.45) is 93.1. The molecule has 0 radical (unpaired) electrons. The summed E-state index contributed by atoms with van der Waals surface area (Å²) in [6.45, 7) is 6.14. The summed E-state index contributed by atoms with van der Waals surface area (Å²) in [5.74, 6) is -1.16. The zero-order chi connectivity index (χ0) is 55.7. The lowest BCUT2D eigenvalue weighted by Gasteiger charge is -2.18. The van der Waals surface area contributed by atoms with Gasteiger partial charge in [-0.2, -0.15) is 0 Å². The van der Waals surface area contributed by atoms with E-state index < -0.39 is 12.1 Å². The number of hydrogen-bond acceptors (Lipinski definition) is 6. The Labute approximate surface area is 473 Å². The van der Waals surface area contributed by atoms with Crippen LogP contribution < -0.4 is 0 Å². The molecule has 0 aliphatic carbocycles. The highest BCUT2D eigenvalue weighted by molar-refractivity contribution is 5.72. The predicted molar refractivity (Wildman–Crippen MR) is 334 cm³/mol. The molecular weight excluding hydrogens is 949 g/mol. The third-order valence-electron chi connectivity index (χ3n) is 12.6. The first kappa shape index (κ1) is 72.0. The van der Waals surface area contributed by atoms with Gasteiger partial charge in [0.25, 0.3) is 0 Å². The zero-order valence-corrected chi connectivity index (χ0v) is 49.4. The van der Waals surface area contributed by atoms with Gasteiger partial charge in [-0.1, -0.05) is 281 Å². The van der Waals surface area contributed by atoms with E-state index in [0.717, 1.165) is 96.3 Å². The van der Waals surface area contributed by atoms with E-state index in [1.165, 1.54) is 103 Å². The fourth-order valence-corrected chi connectivity index (χ4v) is 8.05. The maximum absolute atomic E-state index is 12.8. The number of unbranched alkanes of at least 4 members (excludes halogenated alkanes) is 18. The van der Waals surface area contributed by atoms with E-state index in [4.69, 9.17) is 14.2 Å². The number of rotatable bonds is 54. The van der Waals surface area contributed by atoms with Gasteiger partial charge in [0, 0.05) is 12.8 Å². The van der Waals surface area contributed by atoms with Crippen LogP contribution in [-0.2, 0) is 28.6 Å². The molecule has 0 aliphatic rings. The molecule has 0 aromatic heterocycles. The SMILES string of the molecule is CC/C=C\C/C=C\C/C=C\C/C=C\C/C=C\CC(=O)OC(COC(=O)CC/C=C\C/C=C\C/C=C\C/C=C\CC)COC(=O)CCCCCCCCCCCCCCCCCCCC/C=C\C/C=C\C/C=C\C/C=C\CC. The van der Waals surface area contributed by atoms with E-state index in [-0.39, 0.29) is 38.0 Å². The molecule has 6 nitrogen and oxygen atoms in total. The minimum absolute atomic E-state index is 0.0770. The topological polar surface area (TPSA) is 78.9 Å². The molecule has 0 aliphatic heterocycles. The van der Waals surface area contributed by atoms with Crippen LogP contribution in [0.5, 0.6) is 0 Å². The minimum Gasteiger partial charge on any atom is -0.462 e. The highest BCUT2D eigenvalue weighted by Crippen LogP contribution is 2.16. The van der Waals surface area contributed by atoms with Crippen molar-refractivity contribution < 1.29 is 28.6 Å². The van der Waals surface area contributed by atoms with Gasteiger partial charge in [-0.15, -0.1) is 0 Å². The van der Waals surface area contributed by atoms with Crippen molar-refractivity contribution in [2.75, 3.05) is 13.2 Å². The summed E-state index contributed by atoms with van der Waals surface area (Å²) in [5, 5.41) is 0. The maximum atomic E-state index is 12.8. The summed E-state index contributed by atoms with van der Waals surface area (Å²) in [7, 11) is 0. The number of carbonyl (C=O) groups excluding carboxylic acids is 3. The Balaban J connectivity index is 4.30. The molecule has 0 N–H and O–H groups in total. The van der Waals surface area contributed by atoms with Crippen LogP contribution in [0.25, 0.3) is 0 Å². The molecule has 0 aromatic carbocycles. The lowest BCUT2D eigenvalue weighted by atomic mass is 10.0. The van der Waals surface area contributed by atoms with Crippen LogP contribution in [0.2, 0.25) is 0 Å². The van der Waals surface area contributed by atoms with Gasteiger partial charge < -0.3 is 14.2 Å². The molecule has 0 spiro atoms.